The lowest BCUT2D eigenvalue weighted by Crippen LogP contribution is -2.38. The standard InChI is InChI=1S/C21H16FN3O4S/c22-16-7-5-14(6-8-16)11-18-20(27)25(21(28)30-18)10-9-24-19(26)13-29-17-4-2-1-3-15(17)12-23/h1-8,11H,9-10,13H2,(H,24,26). The molecule has 7 nitrogen and oxygen atoms in total. The topological polar surface area (TPSA) is 99.5 Å². The van der Waals surface area contributed by atoms with Crippen molar-refractivity contribution in [3.63, 3.8) is 0 Å². The van der Waals surface area contributed by atoms with Crippen molar-refractivity contribution in [3.8, 4) is 11.8 Å². The van der Waals surface area contributed by atoms with Gasteiger partial charge in [0.2, 0.25) is 0 Å². The van der Waals surface area contributed by atoms with Gasteiger partial charge >= 0.3 is 0 Å². The largest absolute Gasteiger partial charge is 0.482 e. The Morgan fingerprint density at radius 2 is 1.93 bits per heavy atom. The molecule has 1 aliphatic rings. The van der Waals surface area contributed by atoms with E-state index in [1.807, 2.05) is 6.07 Å². The smallest absolute Gasteiger partial charge is 0.293 e. The molecule has 9 heteroatoms. The van der Waals surface area contributed by atoms with Gasteiger partial charge in [-0.3, -0.25) is 19.3 Å². The first-order valence-corrected chi connectivity index (χ1v) is 9.69. The van der Waals surface area contributed by atoms with Crippen molar-refractivity contribution in [1.29, 1.82) is 5.26 Å². The number of nitrogens with one attached hydrogen (secondary N) is 1. The number of nitriles is 1. The summed E-state index contributed by atoms with van der Waals surface area (Å²) in [7, 11) is 0. The number of amides is 3. The molecule has 0 bridgehead atoms. The maximum Gasteiger partial charge on any atom is 0.293 e. The number of hydrogen-bond donors (Lipinski definition) is 1. The molecule has 1 N–H and O–H groups in total. The second-order valence-corrected chi connectivity index (χ2v) is 7.12. The second-order valence-electron chi connectivity index (χ2n) is 6.13. The number of benzene rings is 2. The number of nitrogens with zero attached hydrogens (tertiary/aromatic N) is 2. The lowest BCUT2D eigenvalue weighted by molar-refractivity contribution is -0.125. The van der Waals surface area contributed by atoms with Gasteiger partial charge in [0.1, 0.15) is 17.6 Å². The highest BCUT2D eigenvalue weighted by Crippen LogP contribution is 2.31. The van der Waals surface area contributed by atoms with E-state index < -0.39 is 22.9 Å². The highest BCUT2D eigenvalue weighted by molar-refractivity contribution is 8.18. The maximum absolute atomic E-state index is 13.0. The van der Waals surface area contributed by atoms with Crippen molar-refractivity contribution in [2.24, 2.45) is 0 Å². The number of carbonyl (C=O) groups is 3. The summed E-state index contributed by atoms with van der Waals surface area (Å²) < 4.78 is 18.3. The van der Waals surface area contributed by atoms with Crippen LogP contribution in [0.5, 0.6) is 5.75 Å². The Labute approximate surface area is 176 Å². The van der Waals surface area contributed by atoms with E-state index in [0.717, 1.165) is 16.7 Å². The number of para-hydroxylation sites is 1. The average Bonchev–Trinajstić information content (AvgIpc) is 3.01. The SMILES string of the molecule is N#Cc1ccccc1OCC(=O)NCCN1C(=O)SC(=Cc2ccc(F)cc2)C1=O. The van der Waals surface area contributed by atoms with Gasteiger partial charge in [-0.25, -0.2) is 4.39 Å². The third-order valence-corrected chi connectivity index (χ3v) is 4.97. The summed E-state index contributed by atoms with van der Waals surface area (Å²) in [5.41, 5.74) is 0.918. The normalized spacial score (nSPS) is 14.7. The van der Waals surface area contributed by atoms with Crippen LogP contribution < -0.4 is 10.1 Å². The molecule has 0 spiro atoms. The number of ether oxygens (including phenoxy) is 1. The van der Waals surface area contributed by atoms with E-state index in [4.69, 9.17) is 10.00 Å². The number of hydrogen-bond acceptors (Lipinski definition) is 6. The van der Waals surface area contributed by atoms with Gasteiger partial charge in [-0.05, 0) is 47.7 Å². The summed E-state index contributed by atoms with van der Waals surface area (Å²) in [5, 5.41) is 11.1. The molecule has 1 heterocycles. The van der Waals surface area contributed by atoms with Crippen molar-refractivity contribution < 1.29 is 23.5 Å². The summed E-state index contributed by atoms with van der Waals surface area (Å²) in [4.78, 5) is 37.7. The van der Waals surface area contributed by atoms with Crippen molar-refractivity contribution in [3.05, 3.63) is 70.4 Å². The first-order chi connectivity index (χ1) is 14.5. The fourth-order valence-electron chi connectivity index (χ4n) is 2.59. The number of halogens is 1. The predicted octanol–water partition coefficient (Wildman–Crippen LogP) is 2.93. The minimum Gasteiger partial charge on any atom is -0.482 e. The summed E-state index contributed by atoms with van der Waals surface area (Å²) in [5.74, 6) is -1.01. The molecular formula is C21H16FN3O4S. The van der Waals surface area contributed by atoms with Crippen LogP contribution in [0.25, 0.3) is 6.08 Å². The Morgan fingerprint density at radius 3 is 2.67 bits per heavy atom. The molecule has 0 aromatic heterocycles. The molecule has 2 aromatic rings. The quantitative estimate of drug-likeness (QED) is 0.685. The zero-order valence-electron chi connectivity index (χ0n) is 15.6. The van der Waals surface area contributed by atoms with Crippen LogP contribution in [0.3, 0.4) is 0 Å². The molecule has 2 aromatic carbocycles. The lowest BCUT2D eigenvalue weighted by atomic mass is 10.2. The molecule has 0 atom stereocenters. The van der Waals surface area contributed by atoms with Crippen molar-refractivity contribution in [2.45, 2.75) is 0 Å². The van der Waals surface area contributed by atoms with Crippen LogP contribution in [0.4, 0.5) is 9.18 Å². The van der Waals surface area contributed by atoms with Gasteiger partial charge < -0.3 is 10.1 Å². The first kappa shape index (κ1) is 21.1. The number of imide groups is 1. The molecule has 152 valence electrons. The zero-order chi connectivity index (χ0) is 21.5. The van der Waals surface area contributed by atoms with E-state index in [1.54, 1.807) is 24.3 Å². The molecule has 1 aliphatic heterocycles. The number of carbonyl (C=O) groups excluding carboxylic acids is 3. The highest BCUT2D eigenvalue weighted by Gasteiger charge is 2.34. The summed E-state index contributed by atoms with van der Waals surface area (Å²) in [6.45, 7) is -0.235. The van der Waals surface area contributed by atoms with Gasteiger partial charge in [-0.1, -0.05) is 24.3 Å². The minimum atomic E-state index is -0.470. The molecule has 0 aliphatic carbocycles. The van der Waals surface area contributed by atoms with E-state index in [9.17, 15) is 18.8 Å². The first-order valence-electron chi connectivity index (χ1n) is 8.87. The van der Waals surface area contributed by atoms with Crippen LogP contribution in [0.1, 0.15) is 11.1 Å². The van der Waals surface area contributed by atoms with Crippen molar-refractivity contribution in [2.75, 3.05) is 19.7 Å². The molecule has 0 unspecified atom stereocenters. The molecule has 1 fully saturated rings. The Hall–Kier alpha value is -3.64. The van der Waals surface area contributed by atoms with Crippen LogP contribution >= 0.6 is 11.8 Å². The molecule has 0 radical (unpaired) electrons. The van der Waals surface area contributed by atoms with Crippen LogP contribution in [-0.4, -0.2) is 41.6 Å². The molecule has 1 saturated heterocycles. The maximum atomic E-state index is 13.0. The Balaban J connectivity index is 1.49. The van der Waals surface area contributed by atoms with E-state index >= 15 is 0 Å². The van der Waals surface area contributed by atoms with Crippen LogP contribution in [0.15, 0.2) is 53.4 Å². The van der Waals surface area contributed by atoms with Gasteiger partial charge in [-0.2, -0.15) is 5.26 Å². The Morgan fingerprint density at radius 1 is 1.20 bits per heavy atom. The fraction of sp³-hybridized carbons (Fsp3) is 0.143. The average molecular weight is 425 g/mol. The summed E-state index contributed by atoms with van der Waals surface area (Å²) in [6.07, 6.45) is 1.52. The molecule has 3 amide bonds. The molecule has 0 saturated carbocycles. The van der Waals surface area contributed by atoms with Gasteiger partial charge in [0.25, 0.3) is 17.1 Å². The highest BCUT2D eigenvalue weighted by atomic mass is 32.2. The third-order valence-electron chi connectivity index (χ3n) is 4.07. The van der Waals surface area contributed by atoms with Crippen LogP contribution in [-0.2, 0) is 9.59 Å². The monoisotopic (exact) mass is 425 g/mol. The minimum absolute atomic E-state index is 0.00590. The van der Waals surface area contributed by atoms with E-state index in [2.05, 4.69) is 5.32 Å². The fourth-order valence-corrected chi connectivity index (χ4v) is 3.45. The van der Waals surface area contributed by atoms with E-state index in [1.165, 1.54) is 30.3 Å². The zero-order valence-corrected chi connectivity index (χ0v) is 16.4. The number of thioether (sulfide) groups is 1. The van der Waals surface area contributed by atoms with Crippen molar-refractivity contribution in [1.82, 2.24) is 10.2 Å². The second kappa shape index (κ2) is 9.71. The third kappa shape index (κ3) is 5.24. The van der Waals surface area contributed by atoms with E-state index in [-0.39, 0.29) is 24.6 Å². The van der Waals surface area contributed by atoms with Gasteiger partial charge in [-0.15, -0.1) is 0 Å². The summed E-state index contributed by atoms with van der Waals surface area (Å²) in [6, 6.07) is 14.1. The molecule has 3 rings (SSSR count). The van der Waals surface area contributed by atoms with E-state index in [0.29, 0.717) is 16.9 Å². The molecular weight excluding hydrogens is 409 g/mol. The Bertz CT molecular complexity index is 1050. The van der Waals surface area contributed by atoms with Gasteiger partial charge in [0.05, 0.1) is 10.5 Å². The van der Waals surface area contributed by atoms with Gasteiger partial charge in [0.15, 0.2) is 6.61 Å². The number of rotatable bonds is 7. The van der Waals surface area contributed by atoms with Crippen molar-refractivity contribution >= 4 is 34.9 Å². The summed E-state index contributed by atoms with van der Waals surface area (Å²) >= 11 is 0.788. The molecule has 30 heavy (non-hydrogen) atoms. The van der Waals surface area contributed by atoms with Crippen LogP contribution in [0.2, 0.25) is 0 Å². The van der Waals surface area contributed by atoms with Crippen LogP contribution in [0, 0.1) is 17.1 Å². The predicted molar refractivity (Wildman–Crippen MR) is 109 cm³/mol. The lowest BCUT2D eigenvalue weighted by Gasteiger charge is -2.13. The Kier molecular flexibility index (Phi) is 6.83. The van der Waals surface area contributed by atoms with Gasteiger partial charge in [0, 0.05) is 13.1 Å².